The fraction of sp³-hybridized carbons (Fsp3) is 0. The summed E-state index contributed by atoms with van der Waals surface area (Å²) in [6.45, 7) is 0. The summed E-state index contributed by atoms with van der Waals surface area (Å²) in [6.07, 6.45) is 0. The first-order valence-corrected chi connectivity index (χ1v) is 4.46. The largest absolute Gasteiger partial charge is 0.507 e. The van der Waals surface area contributed by atoms with Crippen LogP contribution in [0.15, 0.2) is 0 Å². The Labute approximate surface area is 77.5 Å². The standard InChI is InChI=1S/C3H6N6.FH2O3P/c4-1-7-2(5)9-3(6)8-1;1-5(2,3)4/h(H6,4,5,6,7,8,9);(H2,2,3,4). The van der Waals surface area contributed by atoms with Crippen LogP contribution in [0.2, 0.25) is 0 Å². The Bertz CT molecular complexity index is 295. The molecule has 1 aromatic rings. The van der Waals surface area contributed by atoms with Gasteiger partial charge in [0.05, 0.1) is 0 Å². The van der Waals surface area contributed by atoms with Crippen LogP contribution >= 0.6 is 7.91 Å². The van der Waals surface area contributed by atoms with Crippen LogP contribution < -0.4 is 17.2 Å². The molecule has 1 aromatic heterocycles. The molecule has 14 heavy (non-hydrogen) atoms. The van der Waals surface area contributed by atoms with Crippen LogP contribution in [-0.4, -0.2) is 24.7 Å². The Morgan fingerprint density at radius 3 is 1.29 bits per heavy atom. The molecule has 8 N–H and O–H groups in total. The topological polar surface area (TPSA) is 174 Å². The third-order valence-corrected chi connectivity index (χ3v) is 0.687. The van der Waals surface area contributed by atoms with Crippen molar-refractivity contribution in [3.8, 4) is 0 Å². The summed E-state index contributed by atoms with van der Waals surface area (Å²) in [5.74, 6) is 0.125. The molecule has 0 radical (unpaired) electrons. The van der Waals surface area contributed by atoms with Crippen molar-refractivity contribution >= 4 is 25.8 Å². The van der Waals surface area contributed by atoms with Gasteiger partial charge in [-0.2, -0.15) is 15.0 Å². The second kappa shape index (κ2) is 4.65. The molecule has 1 rings (SSSR count). The molecule has 1 heterocycles. The normalized spacial score (nSPS) is 10.2. The SMILES string of the molecule is Nc1nc(N)nc(N)n1.O=P(O)(O)F. The van der Waals surface area contributed by atoms with Crippen molar-refractivity contribution in [2.75, 3.05) is 17.2 Å². The van der Waals surface area contributed by atoms with Crippen LogP contribution in [0.25, 0.3) is 0 Å². The lowest BCUT2D eigenvalue weighted by atomic mass is 10.9. The van der Waals surface area contributed by atoms with Crippen LogP contribution in [0.5, 0.6) is 0 Å². The van der Waals surface area contributed by atoms with Gasteiger partial charge in [-0.25, -0.2) is 4.57 Å². The molecule has 0 atom stereocenters. The first-order valence-electron chi connectivity index (χ1n) is 2.96. The molecule has 0 bridgehead atoms. The van der Waals surface area contributed by atoms with Gasteiger partial charge in [-0.3, -0.25) is 9.79 Å². The fourth-order valence-electron chi connectivity index (χ4n) is 0.427. The van der Waals surface area contributed by atoms with Gasteiger partial charge in [-0.15, -0.1) is 4.20 Å². The van der Waals surface area contributed by atoms with E-state index in [0.717, 1.165) is 0 Å². The van der Waals surface area contributed by atoms with E-state index in [9.17, 15) is 4.20 Å². The molecule has 0 aliphatic rings. The van der Waals surface area contributed by atoms with Gasteiger partial charge in [0.15, 0.2) is 0 Å². The number of rotatable bonds is 0. The average molecular weight is 226 g/mol. The Hall–Kier alpha value is -1.51. The van der Waals surface area contributed by atoms with E-state index in [-0.39, 0.29) is 17.8 Å². The van der Waals surface area contributed by atoms with E-state index in [0.29, 0.717) is 0 Å². The maximum atomic E-state index is 10.4. The van der Waals surface area contributed by atoms with Gasteiger partial charge in [-0.1, -0.05) is 0 Å². The fourth-order valence-corrected chi connectivity index (χ4v) is 0.427. The molecule has 0 aromatic carbocycles. The van der Waals surface area contributed by atoms with Crippen LogP contribution in [-0.2, 0) is 4.57 Å². The molecule has 9 nitrogen and oxygen atoms in total. The molecular formula is C3H8FN6O3P. The van der Waals surface area contributed by atoms with E-state index >= 15 is 0 Å². The van der Waals surface area contributed by atoms with Gasteiger partial charge in [0, 0.05) is 0 Å². The Kier molecular flexibility index (Phi) is 4.15. The molecule has 0 spiro atoms. The summed E-state index contributed by atoms with van der Waals surface area (Å²) in [4.78, 5) is 24.4. The predicted molar refractivity (Wildman–Crippen MR) is 46.2 cm³/mol. The second-order valence-electron chi connectivity index (χ2n) is 1.88. The molecule has 0 aliphatic carbocycles. The molecule has 0 aliphatic heterocycles. The zero-order valence-corrected chi connectivity index (χ0v) is 7.60. The molecule has 0 saturated heterocycles. The predicted octanol–water partition coefficient (Wildman–Crippen LogP) is -1.33. The highest BCUT2D eigenvalue weighted by atomic mass is 31.2. The molecule has 0 unspecified atom stereocenters. The van der Waals surface area contributed by atoms with Gasteiger partial charge in [0.25, 0.3) is 0 Å². The first kappa shape index (κ1) is 12.5. The van der Waals surface area contributed by atoms with E-state index in [4.69, 9.17) is 31.6 Å². The van der Waals surface area contributed by atoms with Crippen LogP contribution in [0, 0.1) is 0 Å². The quantitative estimate of drug-likeness (QED) is 0.335. The number of nitrogens with zero attached hydrogens (tertiary/aromatic N) is 3. The zero-order valence-electron chi connectivity index (χ0n) is 6.70. The summed E-state index contributed by atoms with van der Waals surface area (Å²) in [5.41, 5.74) is 15.4. The van der Waals surface area contributed by atoms with Crippen LogP contribution in [0.1, 0.15) is 0 Å². The lowest BCUT2D eigenvalue weighted by Gasteiger charge is -1.93. The Morgan fingerprint density at radius 1 is 1.00 bits per heavy atom. The van der Waals surface area contributed by atoms with E-state index in [1.165, 1.54) is 0 Å². The summed E-state index contributed by atoms with van der Waals surface area (Å²) in [7, 11) is -5.14. The number of hydrogen-bond donors (Lipinski definition) is 5. The maximum absolute atomic E-state index is 10.4. The lowest BCUT2D eigenvalue weighted by Crippen LogP contribution is -2.05. The molecule has 80 valence electrons. The van der Waals surface area contributed by atoms with E-state index in [2.05, 4.69) is 15.0 Å². The summed E-state index contributed by atoms with van der Waals surface area (Å²) >= 11 is 0. The zero-order chi connectivity index (χ0) is 11.4. The highest BCUT2D eigenvalue weighted by Crippen LogP contribution is 2.34. The highest BCUT2D eigenvalue weighted by molar-refractivity contribution is 7.45. The molecule has 0 fully saturated rings. The summed E-state index contributed by atoms with van der Waals surface area (Å²) in [5, 5.41) is 0. The summed E-state index contributed by atoms with van der Waals surface area (Å²) in [6, 6.07) is 0. The third kappa shape index (κ3) is 8.59. The van der Waals surface area contributed by atoms with Gasteiger partial charge in [0.1, 0.15) is 0 Å². The molecule has 11 heteroatoms. The van der Waals surface area contributed by atoms with Crippen molar-refractivity contribution in [3.05, 3.63) is 0 Å². The Morgan fingerprint density at radius 2 is 1.14 bits per heavy atom. The number of halogens is 1. The van der Waals surface area contributed by atoms with Crippen molar-refractivity contribution in [3.63, 3.8) is 0 Å². The lowest BCUT2D eigenvalue weighted by molar-refractivity contribution is 0.322. The summed E-state index contributed by atoms with van der Waals surface area (Å²) < 4.78 is 19.0. The van der Waals surface area contributed by atoms with Gasteiger partial charge in [0.2, 0.25) is 17.8 Å². The maximum Gasteiger partial charge on any atom is 0.507 e. The smallest absolute Gasteiger partial charge is 0.368 e. The van der Waals surface area contributed by atoms with E-state index in [1.807, 2.05) is 0 Å². The minimum Gasteiger partial charge on any atom is -0.368 e. The Balaban J connectivity index is 0.000000292. The van der Waals surface area contributed by atoms with Gasteiger partial charge < -0.3 is 17.2 Å². The monoisotopic (exact) mass is 226 g/mol. The van der Waals surface area contributed by atoms with Gasteiger partial charge >= 0.3 is 7.91 Å². The van der Waals surface area contributed by atoms with Crippen molar-refractivity contribution in [1.82, 2.24) is 15.0 Å². The number of nitrogen functional groups attached to an aromatic ring is 3. The first-order chi connectivity index (χ1) is 6.18. The van der Waals surface area contributed by atoms with Crippen molar-refractivity contribution < 1.29 is 18.5 Å². The average Bonchev–Trinajstić information content (AvgIpc) is 1.77. The molecular weight excluding hydrogens is 218 g/mol. The van der Waals surface area contributed by atoms with Crippen LogP contribution in [0.3, 0.4) is 0 Å². The molecule has 0 saturated carbocycles. The van der Waals surface area contributed by atoms with Gasteiger partial charge in [-0.05, 0) is 0 Å². The highest BCUT2D eigenvalue weighted by Gasteiger charge is 2.04. The number of nitrogens with two attached hydrogens (primary N) is 3. The second-order valence-corrected chi connectivity index (χ2v) is 2.83. The minimum atomic E-state index is -5.14. The number of anilines is 3. The van der Waals surface area contributed by atoms with E-state index < -0.39 is 7.91 Å². The van der Waals surface area contributed by atoms with Crippen molar-refractivity contribution in [1.29, 1.82) is 0 Å². The number of hydrogen-bond acceptors (Lipinski definition) is 7. The van der Waals surface area contributed by atoms with Crippen molar-refractivity contribution in [2.45, 2.75) is 0 Å². The van der Waals surface area contributed by atoms with E-state index in [1.54, 1.807) is 0 Å². The van der Waals surface area contributed by atoms with Crippen LogP contribution in [0.4, 0.5) is 22.0 Å². The minimum absolute atomic E-state index is 0.0417. The van der Waals surface area contributed by atoms with Crippen molar-refractivity contribution in [2.24, 2.45) is 0 Å². The third-order valence-electron chi connectivity index (χ3n) is 0.687. The number of aromatic nitrogens is 3. The molecule has 0 amide bonds.